The monoisotopic (exact) mass is 976 g/mol. The van der Waals surface area contributed by atoms with Crippen LogP contribution in [-0.4, -0.2) is 99.9 Å². The van der Waals surface area contributed by atoms with Gasteiger partial charge in [-0.3, -0.25) is 38.7 Å². The van der Waals surface area contributed by atoms with Gasteiger partial charge in [-0.2, -0.15) is 0 Å². The highest BCUT2D eigenvalue weighted by Crippen LogP contribution is 2.43. The highest BCUT2D eigenvalue weighted by atomic mass is 16.5. The second-order valence-corrected chi connectivity index (χ2v) is 17.7. The number of hydrogen-bond donors (Lipinski definition) is 5. The first-order chi connectivity index (χ1) is 34.8. The Labute approximate surface area is 414 Å². The molecule has 4 aliphatic rings. The van der Waals surface area contributed by atoms with Gasteiger partial charge in [0.2, 0.25) is 23.6 Å². The van der Waals surface area contributed by atoms with Crippen molar-refractivity contribution in [3.63, 3.8) is 0 Å². The average molecular weight is 977 g/mol. The predicted octanol–water partition coefficient (Wildman–Crippen LogP) is 4.80. The topological polar surface area (TPSA) is 235 Å². The zero-order chi connectivity index (χ0) is 50.5. The van der Waals surface area contributed by atoms with E-state index in [2.05, 4.69) is 26.6 Å². The van der Waals surface area contributed by atoms with Crippen molar-refractivity contribution in [2.45, 2.75) is 57.9 Å². The highest BCUT2D eigenvalue weighted by Gasteiger charge is 2.39. The van der Waals surface area contributed by atoms with Gasteiger partial charge in [-0.25, -0.2) is 0 Å². The Kier molecular flexibility index (Phi) is 14.1. The molecule has 0 aromatic heterocycles. The Morgan fingerprint density at radius 2 is 1.21 bits per heavy atom. The van der Waals surface area contributed by atoms with E-state index in [1.165, 1.54) is 21.1 Å². The molecule has 0 spiro atoms. The first-order valence-electron chi connectivity index (χ1n) is 23.4. The van der Waals surface area contributed by atoms with Gasteiger partial charge in [0.1, 0.15) is 19.0 Å². The molecule has 6 amide bonds. The summed E-state index contributed by atoms with van der Waals surface area (Å²) in [6, 6.07) is 27.3. The van der Waals surface area contributed by atoms with E-state index in [4.69, 9.17) is 23.9 Å². The second kappa shape index (κ2) is 21.1. The molecule has 9 rings (SSSR count). The first kappa shape index (κ1) is 48.3. The molecule has 0 bridgehead atoms. The fourth-order valence-electron chi connectivity index (χ4n) is 9.17. The second-order valence-electron chi connectivity index (χ2n) is 17.7. The summed E-state index contributed by atoms with van der Waals surface area (Å²) in [4.78, 5) is 97.4. The van der Waals surface area contributed by atoms with E-state index in [-0.39, 0.29) is 62.3 Å². The Morgan fingerprint density at radius 3 is 1.86 bits per heavy atom. The largest absolute Gasteiger partial charge is 0.493 e. The van der Waals surface area contributed by atoms with Crippen molar-refractivity contribution in [3.05, 3.63) is 124 Å². The number of fused-ring (bicyclic) bond motifs is 8. The number of aliphatic imine (C=N–C) groups is 1. The van der Waals surface area contributed by atoms with Crippen LogP contribution in [-0.2, 0) is 50.0 Å². The number of anilines is 4. The average Bonchev–Trinajstić information content (AvgIpc) is 3.87. The minimum absolute atomic E-state index is 0.0185. The molecule has 4 heterocycles. The summed E-state index contributed by atoms with van der Waals surface area (Å²) in [5.41, 5.74) is 7.27. The van der Waals surface area contributed by atoms with Crippen molar-refractivity contribution in [3.8, 4) is 23.0 Å². The number of hydrogen-bond acceptors (Lipinski definition) is 13. The van der Waals surface area contributed by atoms with Crippen LogP contribution in [0.2, 0.25) is 0 Å². The number of Topliss-reactive ketones (excluding diaryl/α,β-unsaturated/α-hetero) is 1. The Morgan fingerprint density at radius 1 is 0.639 bits per heavy atom. The smallest absolute Gasteiger partial charge is 0.261 e. The van der Waals surface area contributed by atoms with Crippen LogP contribution in [0.3, 0.4) is 0 Å². The van der Waals surface area contributed by atoms with Crippen LogP contribution in [0.15, 0.2) is 96.0 Å². The molecule has 0 aliphatic carbocycles. The number of nitrogens with zero attached hydrogens (tertiary/aromatic N) is 3. The summed E-state index contributed by atoms with van der Waals surface area (Å²) in [5, 5.41) is 13.5. The predicted molar refractivity (Wildman–Crippen MR) is 267 cm³/mol. The fraction of sp³-hybridized carbons (Fsp3) is 0.283. The number of ketones is 1. The van der Waals surface area contributed by atoms with Gasteiger partial charge < -0.3 is 55.2 Å². The van der Waals surface area contributed by atoms with Crippen LogP contribution >= 0.6 is 0 Å². The molecule has 0 radical (unpaired) electrons. The number of carbonyl (C=O) groups is 7. The molecule has 2 atom stereocenters. The molecule has 4 aliphatic heterocycles. The lowest BCUT2D eigenvalue weighted by Gasteiger charge is -2.22. The van der Waals surface area contributed by atoms with Crippen molar-refractivity contribution < 1.29 is 52.5 Å². The van der Waals surface area contributed by atoms with E-state index in [1.54, 1.807) is 47.5 Å². The molecule has 0 saturated carbocycles. The number of carbonyl (C=O) groups excluding carboxylic acids is 7. The van der Waals surface area contributed by atoms with Gasteiger partial charge in [0, 0.05) is 61.2 Å². The van der Waals surface area contributed by atoms with E-state index in [0.29, 0.717) is 75.3 Å². The van der Waals surface area contributed by atoms with Crippen LogP contribution in [0, 0.1) is 0 Å². The van der Waals surface area contributed by atoms with Gasteiger partial charge in [0.15, 0.2) is 23.0 Å². The third-order valence-electron chi connectivity index (χ3n) is 12.6. The van der Waals surface area contributed by atoms with Gasteiger partial charge in [0.05, 0.1) is 68.4 Å². The van der Waals surface area contributed by atoms with Crippen molar-refractivity contribution >= 4 is 75.9 Å². The van der Waals surface area contributed by atoms with E-state index >= 15 is 0 Å². The van der Waals surface area contributed by atoms with Gasteiger partial charge in [0.25, 0.3) is 11.8 Å². The van der Waals surface area contributed by atoms with Gasteiger partial charge >= 0.3 is 0 Å². The summed E-state index contributed by atoms with van der Waals surface area (Å²) in [5.74, 6) is -1.52. The van der Waals surface area contributed by atoms with Gasteiger partial charge in [-0.1, -0.05) is 36.4 Å². The Bertz CT molecular complexity index is 3050. The maximum Gasteiger partial charge on any atom is 0.261 e. The van der Waals surface area contributed by atoms with Gasteiger partial charge in [-0.05, 0) is 78.1 Å². The number of ether oxygens (including phenoxy) is 4. The fourth-order valence-corrected chi connectivity index (χ4v) is 9.17. The molecular formula is C53H52N8O11. The van der Waals surface area contributed by atoms with E-state index in [1.807, 2.05) is 59.5 Å². The molecule has 5 N–H and O–H groups in total. The number of benzene rings is 5. The first-order valence-corrected chi connectivity index (χ1v) is 23.4. The quantitative estimate of drug-likeness (QED) is 0.0797. The number of rotatable bonds is 18. The van der Waals surface area contributed by atoms with Crippen molar-refractivity contribution in [1.29, 1.82) is 0 Å². The van der Waals surface area contributed by atoms with Gasteiger partial charge in [-0.15, -0.1) is 0 Å². The number of para-hydroxylation sites is 2. The van der Waals surface area contributed by atoms with Crippen molar-refractivity contribution in [2.24, 2.45) is 4.99 Å². The number of nitrogens with one attached hydrogen (secondary N) is 5. The lowest BCUT2D eigenvalue weighted by Crippen LogP contribution is -2.43. The summed E-state index contributed by atoms with van der Waals surface area (Å²) < 4.78 is 24.2. The zero-order valence-corrected chi connectivity index (χ0v) is 39.8. The molecule has 0 saturated heterocycles. The molecule has 19 nitrogen and oxygen atoms in total. The lowest BCUT2D eigenvalue weighted by atomic mass is 10.1. The molecule has 5 aromatic carbocycles. The third-order valence-corrected chi connectivity index (χ3v) is 12.6. The molecular weight excluding hydrogens is 925 g/mol. The Balaban J connectivity index is 0.909. The Hall–Kier alpha value is -8.74. The SMILES string of the molecule is COc1cc2c(cc1OCc1cc(COc3cc4c(cc3OC)C(=O)N3c5ccccc5C[C@H]3CN4)cc(NC(=O)CNC(=O)CNC(=O)CNC(=O)CCC(C)=O)c1)N=C[C@@H]1Cc3ccccc3N1C2=O. The number of methoxy groups -OCH3 is 2. The molecule has 0 fully saturated rings. The lowest BCUT2D eigenvalue weighted by molar-refractivity contribution is -0.128. The van der Waals surface area contributed by atoms with Crippen LogP contribution in [0.1, 0.15) is 62.7 Å². The minimum atomic E-state index is -0.653. The molecule has 19 heteroatoms. The van der Waals surface area contributed by atoms with Crippen molar-refractivity contribution in [2.75, 3.05) is 60.8 Å². The van der Waals surface area contributed by atoms with E-state index < -0.39 is 36.7 Å². The number of amides is 6. The van der Waals surface area contributed by atoms with Crippen LogP contribution in [0.25, 0.3) is 0 Å². The third kappa shape index (κ3) is 10.5. The summed E-state index contributed by atoms with van der Waals surface area (Å²) in [7, 11) is 2.98. The molecule has 0 unspecified atom stereocenters. The molecule has 5 aromatic rings. The van der Waals surface area contributed by atoms with Crippen molar-refractivity contribution in [1.82, 2.24) is 16.0 Å². The summed E-state index contributed by atoms with van der Waals surface area (Å²) in [6.45, 7) is 0.546. The van der Waals surface area contributed by atoms with E-state index in [0.717, 1.165) is 28.9 Å². The minimum Gasteiger partial charge on any atom is -0.493 e. The summed E-state index contributed by atoms with van der Waals surface area (Å²) >= 11 is 0. The maximum absolute atomic E-state index is 14.1. The van der Waals surface area contributed by atoms with Crippen LogP contribution < -0.4 is 55.3 Å². The zero-order valence-electron chi connectivity index (χ0n) is 39.8. The van der Waals surface area contributed by atoms with E-state index in [9.17, 15) is 33.6 Å². The highest BCUT2D eigenvalue weighted by molar-refractivity contribution is 6.15. The molecule has 370 valence electrons. The maximum atomic E-state index is 14.1. The van der Waals surface area contributed by atoms with Crippen LogP contribution in [0.5, 0.6) is 23.0 Å². The van der Waals surface area contributed by atoms with Crippen LogP contribution in [0.4, 0.5) is 28.4 Å². The standard InChI is InChI=1S/C53H52N8O11/c1-30(62)12-13-48(63)56-25-49(64)57-26-50(65)58-27-51(66)59-35-15-31(28-71-46-21-40-38(19-44(46)69-2)52(67)60-36(23-54-40)17-33-8-4-6-10-42(33)60)14-32(16-35)29-72-47-22-41-39(20-45(47)70-3)53(68)61-37(24-55-41)18-34-9-5-7-11-43(34)61/h4-11,14-16,19-23,36-37,55H,12-13,17-18,24-29H2,1-3H3,(H,56,63)(H,57,64)(H,58,65)(H,59,66)/t36-,37-/m0/s1. The summed E-state index contributed by atoms with van der Waals surface area (Å²) in [6.07, 6.45) is 3.13. The molecule has 72 heavy (non-hydrogen) atoms. The normalized spacial score (nSPS) is 15.7.